The van der Waals surface area contributed by atoms with Crippen LogP contribution in [0.4, 0.5) is 35.1 Å². The van der Waals surface area contributed by atoms with Crippen molar-refractivity contribution in [2.45, 2.75) is 196 Å². The number of rotatable bonds is 11. The molecule has 580 valence electrons. The Morgan fingerprint density at radius 1 is 0.676 bits per heavy atom. The van der Waals surface area contributed by atoms with E-state index >= 15 is 37.5 Å². The van der Waals surface area contributed by atoms with Crippen LogP contribution in [0, 0.1) is 23.5 Å². The summed E-state index contributed by atoms with van der Waals surface area (Å²) in [4.78, 5) is 189. The number of nitrogens with one attached hydrogen (secondary N) is 3. The topological polar surface area (TPSA) is 279 Å². The molecule has 2 aromatic rings. The Morgan fingerprint density at radius 2 is 1.30 bits per heavy atom. The average molecular weight is 1490 g/mol. The number of aryl methyl sites for hydroxylation is 1. The van der Waals surface area contributed by atoms with Gasteiger partial charge in [0.25, 0.3) is 0 Å². The minimum atomic E-state index is -5.46. The number of nitrogens with zero attached hydrogens (tertiary/aromatic N) is 9. The lowest BCUT2D eigenvalue weighted by Gasteiger charge is -2.46. The van der Waals surface area contributed by atoms with Gasteiger partial charge in [0, 0.05) is 89.4 Å². The number of amides is 12. The number of benzene rings is 2. The van der Waals surface area contributed by atoms with Crippen molar-refractivity contribution in [3.63, 3.8) is 0 Å². The highest BCUT2D eigenvalue weighted by Gasteiger charge is 2.54. The molecular formula is C72H98F8N12O13. The third kappa shape index (κ3) is 19.5. The zero-order valence-electron chi connectivity index (χ0n) is 61.5. The van der Waals surface area contributed by atoms with E-state index in [2.05, 4.69) is 16.0 Å². The molecule has 25 nitrogen and oxygen atoms in total. The molecule has 2 aromatic carbocycles. The molecule has 2 aliphatic carbocycles. The molecule has 2 saturated heterocycles. The summed E-state index contributed by atoms with van der Waals surface area (Å²) in [5, 5.41) is 8.16. The van der Waals surface area contributed by atoms with Crippen LogP contribution in [0.15, 0.2) is 48.6 Å². The summed E-state index contributed by atoms with van der Waals surface area (Å²) >= 11 is 0. The SMILES string of the molecule is CC[C@H](C)[C@@H]1NC(=O)[C@H](CC)N(C)C(=O)C[C@@H](C(=O)N(C)C)N(C)C(=O)[C@H](C2CCCC2)N(C)C(=O)C2(CCC2)NC(=O)[C@@H]2C[C@H](OC)CN2C(=O)[C@@H](CCc2cc(F)c(C(F)(F)F)c(F)c2)NC(=O)CN(C)C(=O)[C@H](Cc2ccc(C(F)(F)F)cc2)N2CC/C=C\C[C@@H](C2=O)N(C)C(=O)CN(C)C1=O. The maximum Gasteiger partial charge on any atom is 0.422 e. The average Bonchev–Trinajstić information content (AvgIpc) is 1.67. The van der Waals surface area contributed by atoms with E-state index in [0.717, 1.165) is 65.6 Å². The summed E-state index contributed by atoms with van der Waals surface area (Å²) in [6.07, 6.45) is -7.53. The largest absolute Gasteiger partial charge is 0.422 e. The van der Waals surface area contributed by atoms with E-state index in [1.807, 2.05) is 0 Å². The number of hydrogen-bond donors (Lipinski definition) is 3. The van der Waals surface area contributed by atoms with Gasteiger partial charge < -0.3 is 64.8 Å². The molecule has 3 aliphatic heterocycles. The number of ether oxygens (including phenoxy) is 1. The van der Waals surface area contributed by atoms with Crippen LogP contribution in [-0.4, -0.2) is 265 Å². The number of methoxy groups -OCH3 is 1. The summed E-state index contributed by atoms with van der Waals surface area (Å²) in [5.74, 6) is -15.2. The Morgan fingerprint density at radius 3 is 1.85 bits per heavy atom. The van der Waals surface area contributed by atoms with Gasteiger partial charge in [-0.05, 0) is 111 Å². The monoisotopic (exact) mass is 1490 g/mol. The molecule has 4 fully saturated rings. The molecule has 7 rings (SSSR count). The molecule has 3 N–H and O–H groups in total. The number of alkyl halides is 6. The van der Waals surface area contributed by atoms with Gasteiger partial charge in [-0.2, -0.15) is 26.3 Å². The Balaban J connectivity index is 1.33. The predicted molar refractivity (Wildman–Crippen MR) is 365 cm³/mol. The normalized spacial score (nSPS) is 26.4. The van der Waals surface area contributed by atoms with Crippen LogP contribution in [0.3, 0.4) is 0 Å². The minimum absolute atomic E-state index is 0.0162. The van der Waals surface area contributed by atoms with Gasteiger partial charge in [0.1, 0.15) is 71.1 Å². The first-order chi connectivity index (χ1) is 49.2. The minimum Gasteiger partial charge on any atom is -0.380 e. The molecule has 33 heteroatoms. The first kappa shape index (κ1) is 83.5. The van der Waals surface area contributed by atoms with Crippen molar-refractivity contribution in [1.82, 2.24) is 60.0 Å². The number of hydrogen-bond acceptors (Lipinski definition) is 13. The van der Waals surface area contributed by atoms with Crippen LogP contribution in [-0.2, 0) is 87.5 Å². The van der Waals surface area contributed by atoms with Gasteiger partial charge in [0.05, 0.1) is 31.2 Å². The van der Waals surface area contributed by atoms with Crippen molar-refractivity contribution in [2.75, 3.05) is 89.7 Å². The maximum atomic E-state index is 15.4. The number of halogens is 8. The predicted octanol–water partition coefficient (Wildman–Crippen LogP) is 4.71. The van der Waals surface area contributed by atoms with Crippen LogP contribution >= 0.6 is 0 Å². The molecule has 12 amide bonds. The zero-order valence-corrected chi connectivity index (χ0v) is 61.5. The molecule has 5 aliphatic rings. The Kier molecular flexibility index (Phi) is 27.9. The summed E-state index contributed by atoms with van der Waals surface area (Å²) in [6.45, 7) is 2.80. The van der Waals surface area contributed by atoms with Crippen molar-refractivity contribution < 1.29 is 97.4 Å². The van der Waals surface area contributed by atoms with Crippen molar-refractivity contribution in [3.05, 3.63) is 82.4 Å². The Labute approximate surface area is 606 Å². The van der Waals surface area contributed by atoms with Gasteiger partial charge in [-0.25, -0.2) is 8.78 Å². The van der Waals surface area contributed by atoms with Gasteiger partial charge in [-0.3, -0.25) is 57.5 Å². The summed E-state index contributed by atoms with van der Waals surface area (Å²) < 4.78 is 119. The fourth-order valence-electron chi connectivity index (χ4n) is 14.6. The van der Waals surface area contributed by atoms with Crippen molar-refractivity contribution in [1.29, 1.82) is 0 Å². The second-order valence-corrected chi connectivity index (χ2v) is 28.6. The van der Waals surface area contributed by atoms with Gasteiger partial charge in [-0.1, -0.05) is 64.3 Å². The first-order valence-corrected chi connectivity index (χ1v) is 35.4. The van der Waals surface area contributed by atoms with E-state index in [9.17, 15) is 55.1 Å². The third-order valence-corrected chi connectivity index (χ3v) is 21.3. The van der Waals surface area contributed by atoms with Crippen LogP contribution in [0.1, 0.15) is 133 Å². The molecule has 2 bridgehead atoms. The number of carbonyl (C=O) groups is 12. The molecule has 10 atom stereocenters. The summed E-state index contributed by atoms with van der Waals surface area (Å²) in [7, 11) is 11.9. The smallest absolute Gasteiger partial charge is 0.380 e. The van der Waals surface area contributed by atoms with Crippen LogP contribution < -0.4 is 16.0 Å². The highest BCUT2D eigenvalue weighted by atomic mass is 19.4. The van der Waals surface area contributed by atoms with Gasteiger partial charge in [-0.15, -0.1) is 0 Å². The number of fused-ring (bicyclic) bond motifs is 3. The van der Waals surface area contributed by atoms with E-state index in [1.54, 1.807) is 32.9 Å². The van der Waals surface area contributed by atoms with Crippen molar-refractivity contribution in [3.8, 4) is 0 Å². The first-order valence-electron chi connectivity index (χ1n) is 35.4. The van der Waals surface area contributed by atoms with E-state index in [1.165, 1.54) is 66.2 Å². The molecule has 0 aromatic heterocycles. The molecule has 0 radical (unpaired) electrons. The lowest BCUT2D eigenvalue weighted by molar-refractivity contribution is -0.157. The molecular weight excluding hydrogens is 1390 g/mol. The highest BCUT2D eigenvalue weighted by Crippen LogP contribution is 2.40. The zero-order chi connectivity index (χ0) is 78.1. The van der Waals surface area contributed by atoms with Gasteiger partial charge >= 0.3 is 12.4 Å². The summed E-state index contributed by atoms with van der Waals surface area (Å²) in [6, 6.07) is -7.31. The van der Waals surface area contributed by atoms with Crippen molar-refractivity contribution >= 4 is 70.9 Å². The fourth-order valence-corrected chi connectivity index (χ4v) is 14.6. The second kappa shape index (κ2) is 35.1. The second-order valence-electron chi connectivity index (χ2n) is 28.6. The summed E-state index contributed by atoms with van der Waals surface area (Å²) in [5.41, 5.74) is -5.25. The highest BCUT2D eigenvalue weighted by molar-refractivity contribution is 6.01. The van der Waals surface area contributed by atoms with E-state index in [0.29, 0.717) is 50.7 Å². The lowest BCUT2D eigenvalue weighted by atomic mass is 9.74. The standard InChI is InChI=1S/C72H98F8N12O13/c1-13-41(3)59-67(102)86(7)40-57(95)88(9)51-23-16-15-19-32-91(66(51)101)54(35-42-24-27-45(28-25-42)71(75,76)77)65(100)85(6)39-55(93)81-49(29-26-43-33-47(73)58(48(74)34-43)72(78,79)80)63(98)92-38-46(105-12)36-52(92)62(97)83-70(30-20-31-70)69(104)90(11)60(44-21-17-18-22-44)68(103)89(10)53(64(99)84(4)5)37-56(94)87(8)50(14-2)61(96)82-59/h15-16,24-25,27-28,33-34,41,44,46,49-54,59-60H,13-14,17-23,26,29-32,35-40H2,1-12H3,(H,81,93)(H,82,96)(H,83,97)/b16-15-/t41-,46-,49+,50-,51-,52-,53-,54-,59-,60-/m0/s1. The Bertz CT molecular complexity index is 3570. The van der Waals surface area contributed by atoms with E-state index in [4.69, 9.17) is 4.74 Å². The van der Waals surface area contributed by atoms with Crippen LogP contribution in [0.2, 0.25) is 0 Å². The van der Waals surface area contributed by atoms with E-state index < -0.39 is 222 Å². The molecule has 105 heavy (non-hydrogen) atoms. The van der Waals surface area contributed by atoms with Crippen LogP contribution in [0.5, 0.6) is 0 Å². The van der Waals surface area contributed by atoms with E-state index in [-0.39, 0.29) is 57.2 Å². The fraction of sp³-hybridized carbons (Fsp3) is 0.639. The number of likely N-dealkylation sites (N-methyl/N-ethyl adjacent to an activating group) is 7. The van der Waals surface area contributed by atoms with Crippen LogP contribution in [0.25, 0.3) is 0 Å². The molecule has 1 spiro atoms. The maximum absolute atomic E-state index is 15.4. The van der Waals surface area contributed by atoms with Gasteiger partial charge in [0.15, 0.2) is 0 Å². The molecule has 0 unspecified atom stereocenters. The third-order valence-electron chi connectivity index (χ3n) is 21.3. The molecule has 2 saturated carbocycles. The van der Waals surface area contributed by atoms with Crippen molar-refractivity contribution in [2.24, 2.45) is 11.8 Å². The number of carbonyl (C=O) groups excluding carboxylic acids is 12. The van der Waals surface area contributed by atoms with Gasteiger partial charge in [0.2, 0.25) is 70.9 Å². The Hall–Kier alpha value is -8.78. The molecule has 3 heterocycles. The lowest BCUT2D eigenvalue weighted by Crippen LogP contribution is -2.68. The quantitative estimate of drug-likeness (QED) is 0.203.